The maximum Gasteiger partial charge on any atom is 0.431 e. The van der Waals surface area contributed by atoms with E-state index >= 15 is 0 Å². The molecule has 0 fully saturated rings. The number of aromatic nitrogens is 2. The summed E-state index contributed by atoms with van der Waals surface area (Å²) in [6.07, 6.45) is -1.97. The number of hydrogen-bond donors (Lipinski definition) is 1. The van der Waals surface area contributed by atoms with Gasteiger partial charge in [0, 0.05) is 0 Å². The predicted octanol–water partition coefficient (Wildman–Crippen LogP) is 3.34. The van der Waals surface area contributed by atoms with Crippen molar-refractivity contribution >= 4 is 23.8 Å². The molecule has 1 N–H and O–H groups in total. The molecule has 1 aliphatic heterocycles. The molecule has 1 aliphatic rings. The van der Waals surface area contributed by atoms with E-state index in [-0.39, 0.29) is 17.5 Å². The van der Waals surface area contributed by atoms with Crippen molar-refractivity contribution in [2.75, 3.05) is 6.79 Å². The molecule has 2 heterocycles. The number of H-pyrrole nitrogens is 1. The van der Waals surface area contributed by atoms with Gasteiger partial charge in [-0.3, -0.25) is 0 Å². The summed E-state index contributed by atoms with van der Waals surface area (Å²) in [7, 11) is 0. The van der Waals surface area contributed by atoms with Crippen molar-refractivity contribution in [2.24, 2.45) is 0 Å². The molecule has 0 unspecified atom stereocenters. The molecule has 0 amide bonds. The van der Waals surface area contributed by atoms with E-state index in [0.717, 1.165) is 6.07 Å². The minimum absolute atomic E-state index is 0.0484. The lowest BCUT2D eigenvalue weighted by atomic mass is 10.1. The second-order valence-corrected chi connectivity index (χ2v) is 4.94. The number of alkyl halides is 3. The summed E-state index contributed by atoms with van der Waals surface area (Å²) in [4.78, 5) is 16.3. The molecule has 0 radical (unpaired) electrons. The average molecular weight is 345 g/mol. The molecule has 5 nitrogen and oxygen atoms in total. The third-order valence-corrected chi connectivity index (χ3v) is 3.40. The van der Waals surface area contributed by atoms with Crippen LogP contribution in [0, 0.1) is 0 Å². The normalized spacial score (nSPS) is 13.7. The number of hydrogen-bond acceptors (Lipinski definition) is 4. The van der Waals surface area contributed by atoms with Gasteiger partial charge >= 0.3 is 11.9 Å². The van der Waals surface area contributed by atoms with E-state index in [1.54, 1.807) is 17.1 Å². The van der Waals surface area contributed by atoms with Crippen molar-refractivity contribution in [3.63, 3.8) is 0 Å². The van der Waals surface area contributed by atoms with Crippen molar-refractivity contribution < 1.29 is 22.6 Å². The maximum absolute atomic E-state index is 12.7. The van der Waals surface area contributed by atoms with Gasteiger partial charge in [-0.2, -0.15) is 18.2 Å². The fourth-order valence-electron chi connectivity index (χ4n) is 1.97. The number of aromatic amines is 1. The van der Waals surface area contributed by atoms with Crippen LogP contribution in [0.15, 0.2) is 23.0 Å². The SMILES string of the molecule is O=c1nc(/C=C/c2ccc3c(c2Cl)OCO3)cc(C(F)(F)F)[nH]1. The molecule has 2 aromatic rings. The lowest BCUT2D eigenvalue weighted by Gasteiger charge is -2.06. The molecular formula is C14H8ClF3N2O3. The predicted molar refractivity (Wildman–Crippen MR) is 76.4 cm³/mol. The number of benzene rings is 1. The number of nitrogens with one attached hydrogen (secondary N) is 1. The van der Waals surface area contributed by atoms with E-state index in [0.29, 0.717) is 17.1 Å². The van der Waals surface area contributed by atoms with Gasteiger partial charge in [-0.25, -0.2) is 4.79 Å². The molecule has 1 aromatic carbocycles. The van der Waals surface area contributed by atoms with E-state index in [2.05, 4.69) is 4.98 Å². The Bertz CT molecular complexity index is 846. The second kappa shape index (κ2) is 5.62. The Morgan fingerprint density at radius 2 is 2.04 bits per heavy atom. The molecule has 120 valence electrons. The Morgan fingerprint density at radius 3 is 2.78 bits per heavy atom. The third-order valence-electron chi connectivity index (χ3n) is 3.01. The summed E-state index contributed by atoms with van der Waals surface area (Å²) < 4.78 is 48.3. The number of ether oxygens (including phenoxy) is 2. The summed E-state index contributed by atoms with van der Waals surface area (Å²) in [6.45, 7) is 0.0484. The van der Waals surface area contributed by atoms with Crippen LogP contribution in [0.2, 0.25) is 5.02 Å². The quantitative estimate of drug-likeness (QED) is 0.907. The zero-order valence-electron chi connectivity index (χ0n) is 11.3. The minimum Gasteiger partial charge on any atom is -0.454 e. The molecule has 0 aliphatic carbocycles. The topological polar surface area (TPSA) is 64.2 Å². The second-order valence-electron chi connectivity index (χ2n) is 4.56. The van der Waals surface area contributed by atoms with Crippen LogP contribution in [0.1, 0.15) is 17.0 Å². The van der Waals surface area contributed by atoms with Crippen molar-refractivity contribution in [1.29, 1.82) is 0 Å². The van der Waals surface area contributed by atoms with E-state index in [4.69, 9.17) is 21.1 Å². The first-order valence-corrected chi connectivity index (χ1v) is 6.67. The molecule has 3 rings (SSSR count). The molecule has 0 saturated heterocycles. The summed E-state index contributed by atoms with van der Waals surface area (Å²) in [5.41, 5.74) is -1.91. The van der Waals surface area contributed by atoms with Crippen LogP contribution in [0.25, 0.3) is 12.2 Å². The first kappa shape index (κ1) is 15.4. The fourth-order valence-corrected chi connectivity index (χ4v) is 2.25. The molecule has 0 atom stereocenters. The highest BCUT2D eigenvalue weighted by Crippen LogP contribution is 2.41. The summed E-state index contributed by atoms with van der Waals surface area (Å²) >= 11 is 6.13. The zero-order chi connectivity index (χ0) is 16.6. The van der Waals surface area contributed by atoms with Crippen LogP contribution in [0.4, 0.5) is 13.2 Å². The van der Waals surface area contributed by atoms with Crippen LogP contribution < -0.4 is 15.2 Å². The van der Waals surface area contributed by atoms with Gasteiger partial charge in [-0.1, -0.05) is 17.7 Å². The van der Waals surface area contributed by atoms with Crippen molar-refractivity contribution in [3.05, 3.63) is 50.7 Å². The van der Waals surface area contributed by atoms with Gasteiger partial charge in [0.1, 0.15) is 5.69 Å². The maximum atomic E-state index is 12.7. The monoisotopic (exact) mass is 344 g/mol. The van der Waals surface area contributed by atoms with E-state index in [1.807, 2.05) is 0 Å². The van der Waals surface area contributed by atoms with Gasteiger partial charge in [-0.05, 0) is 29.8 Å². The van der Waals surface area contributed by atoms with E-state index in [9.17, 15) is 18.0 Å². The Kier molecular flexibility index (Phi) is 3.77. The summed E-state index contributed by atoms with van der Waals surface area (Å²) in [5.74, 6) is 0.851. The third kappa shape index (κ3) is 3.16. The van der Waals surface area contributed by atoms with Crippen LogP contribution in [-0.2, 0) is 6.18 Å². The Labute approximate surface area is 132 Å². The first-order valence-electron chi connectivity index (χ1n) is 6.29. The molecule has 9 heteroatoms. The van der Waals surface area contributed by atoms with Gasteiger partial charge in [0.2, 0.25) is 6.79 Å². The van der Waals surface area contributed by atoms with Crippen molar-refractivity contribution in [3.8, 4) is 11.5 Å². The summed E-state index contributed by atoms with van der Waals surface area (Å²) in [5, 5.41) is 0.261. The highest BCUT2D eigenvalue weighted by Gasteiger charge is 2.32. The molecule has 1 aromatic heterocycles. The highest BCUT2D eigenvalue weighted by molar-refractivity contribution is 6.34. The number of nitrogens with zero attached hydrogens (tertiary/aromatic N) is 1. The largest absolute Gasteiger partial charge is 0.454 e. The summed E-state index contributed by atoms with van der Waals surface area (Å²) in [6, 6.07) is 3.98. The van der Waals surface area contributed by atoms with Gasteiger partial charge in [0.25, 0.3) is 0 Å². The molecule has 0 bridgehead atoms. The van der Waals surface area contributed by atoms with Crippen molar-refractivity contribution in [1.82, 2.24) is 9.97 Å². The van der Waals surface area contributed by atoms with Gasteiger partial charge < -0.3 is 14.5 Å². The van der Waals surface area contributed by atoms with E-state index in [1.165, 1.54) is 12.2 Å². The Balaban J connectivity index is 1.95. The Hall–Kier alpha value is -2.48. The van der Waals surface area contributed by atoms with Crippen LogP contribution in [0.3, 0.4) is 0 Å². The van der Waals surface area contributed by atoms with Crippen LogP contribution >= 0.6 is 11.6 Å². The molecule has 0 spiro atoms. The minimum atomic E-state index is -4.67. The van der Waals surface area contributed by atoms with Gasteiger partial charge in [-0.15, -0.1) is 0 Å². The lowest BCUT2D eigenvalue weighted by molar-refractivity contribution is -0.141. The molecule has 23 heavy (non-hydrogen) atoms. The van der Waals surface area contributed by atoms with Crippen LogP contribution in [-0.4, -0.2) is 16.8 Å². The van der Waals surface area contributed by atoms with E-state index < -0.39 is 17.6 Å². The van der Waals surface area contributed by atoms with Crippen LogP contribution in [0.5, 0.6) is 11.5 Å². The number of halogens is 4. The first-order chi connectivity index (χ1) is 10.8. The van der Waals surface area contributed by atoms with Gasteiger partial charge in [0.05, 0.1) is 10.7 Å². The Morgan fingerprint density at radius 1 is 1.26 bits per heavy atom. The van der Waals surface area contributed by atoms with Crippen molar-refractivity contribution in [2.45, 2.75) is 6.18 Å². The molecular weight excluding hydrogens is 337 g/mol. The average Bonchev–Trinajstić information content (AvgIpc) is 2.94. The fraction of sp³-hybridized carbons (Fsp3) is 0.143. The standard InChI is InChI=1S/C14H8ClF3N2O3/c15-11-7(2-4-9-12(11)23-6-22-9)1-3-8-5-10(14(16,17)18)20-13(21)19-8/h1-5H,6H2,(H,19,20,21)/b3-1+. The zero-order valence-corrected chi connectivity index (χ0v) is 12.0. The smallest absolute Gasteiger partial charge is 0.431 e. The van der Waals surface area contributed by atoms with Gasteiger partial charge in [0.15, 0.2) is 11.5 Å². The highest BCUT2D eigenvalue weighted by atomic mass is 35.5. The lowest BCUT2D eigenvalue weighted by Crippen LogP contribution is -2.19. The molecule has 0 saturated carbocycles. The number of fused-ring (bicyclic) bond motifs is 1. The number of rotatable bonds is 2.